The third-order valence-electron chi connectivity index (χ3n) is 5.04. The molecular formula is C21H22BrF4N3O. The van der Waals surface area contributed by atoms with Gasteiger partial charge in [0.15, 0.2) is 0 Å². The third kappa shape index (κ3) is 6.02. The van der Waals surface area contributed by atoms with Crippen molar-refractivity contribution in [2.45, 2.75) is 19.1 Å². The minimum Gasteiger partial charge on any atom is -0.326 e. The first-order chi connectivity index (χ1) is 14.1. The average Bonchev–Trinajstić information content (AvgIpc) is 2.67. The van der Waals surface area contributed by atoms with Crippen LogP contribution in [0.25, 0.3) is 0 Å². The maximum atomic E-state index is 13.6. The molecule has 162 valence electrons. The number of hydrogen-bond acceptors (Lipinski definition) is 3. The van der Waals surface area contributed by atoms with Crippen LogP contribution in [0.15, 0.2) is 40.9 Å². The lowest BCUT2D eigenvalue weighted by atomic mass is 10.0. The lowest BCUT2D eigenvalue weighted by molar-refractivity contribution is -0.138. The van der Waals surface area contributed by atoms with Crippen LogP contribution in [0.1, 0.15) is 16.7 Å². The van der Waals surface area contributed by atoms with Crippen molar-refractivity contribution >= 4 is 27.5 Å². The Hall–Kier alpha value is -1.97. The van der Waals surface area contributed by atoms with Gasteiger partial charge in [-0.3, -0.25) is 9.69 Å². The lowest BCUT2D eigenvalue weighted by Crippen LogP contribution is -2.44. The minimum absolute atomic E-state index is 0.0793. The molecular weight excluding hydrogens is 466 g/mol. The summed E-state index contributed by atoms with van der Waals surface area (Å²) in [6, 6.07) is 8.03. The molecule has 9 heteroatoms. The summed E-state index contributed by atoms with van der Waals surface area (Å²) >= 11 is 3.05. The Morgan fingerprint density at radius 1 is 1.10 bits per heavy atom. The SMILES string of the molecule is CN1CCN(Cc2ccc(NC(=O)Cc3ccc(F)c(Br)c3)cc2C(F)(F)F)CC1. The fourth-order valence-electron chi connectivity index (χ4n) is 3.34. The first-order valence-corrected chi connectivity index (χ1v) is 10.3. The smallest absolute Gasteiger partial charge is 0.326 e. The Morgan fingerprint density at radius 3 is 2.43 bits per heavy atom. The molecule has 30 heavy (non-hydrogen) atoms. The number of hydrogen-bond donors (Lipinski definition) is 1. The summed E-state index contributed by atoms with van der Waals surface area (Å²) in [5, 5.41) is 2.51. The van der Waals surface area contributed by atoms with Gasteiger partial charge in [-0.1, -0.05) is 12.1 Å². The van der Waals surface area contributed by atoms with Gasteiger partial charge in [-0.05, 0) is 58.4 Å². The van der Waals surface area contributed by atoms with E-state index in [9.17, 15) is 22.4 Å². The summed E-state index contributed by atoms with van der Waals surface area (Å²) in [6.45, 7) is 3.25. The quantitative estimate of drug-likeness (QED) is 0.629. The molecule has 0 saturated carbocycles. The van der Waals surface area contributed by atoms with Gasteiger partial charge in [-0.15, -0.1) is 0 Å². The molecule has 1 aliphatic rings. The Morgan fingerprint density at radius 2 is 1.80 bits per heavy atom. The van der Waals surface area contributed by atoms with Gasteiger partial charge in [0.25, 0.3) is 0 Å². The van der Waals surface area contributed by atoms with Crippen LogP contribution in [0.2, 0.25) is 0 Å². The van der Waals surface area contributed by atoms with Gasteiger partial charge < -0.3 is 10.2 Å². The number of nitrogens with one attached hydrogen (secondary N) is 1. The van der Waals surface area contributed by atoms with Crippen molar-refractivity contribution in [1.82, 2.24) is 9.80 Å². The lowest BCUT2D eigenvalue weighted by Gasteiger charge is -2.33. The summed E-state index contributed by atoms with van der Waals surface area (Å²) in [5.41, 5.74) is 0.0652. The van der Waals surface area contributed by atoms with Crippen molar-refractivity contribution in [2.24, 2.45) is 0 Å². The molecule has 0 spiro atoms. The van der Waals surface area contributed by atoms with Crippen molar-refractivity contribution in [3.8, 4) is 0 Å². The predicted octanol–water partition coefficient (Wildman–Crippen LogP) is 4.54. The van der Waals surface area contributed by atoms with Crippen LogP contribution in [0, 0.1) is 5.82 Å². The van der Waals surface area contributed by atoms with Gasteiger partial charge >= 0.3 is 6.18 Å². The fraction of sp³-hybridized carbons (Fsp3) is 0.381. The molecule has 0 atom stereocenters. The number of piperazine rings is 1. The number of carbonyl (C=O) groups excluding carboxylic acids is 1. The van der Waals surface area contributed by atoms with E-state index in [2.05, 4.69) is 26.1 Å². The normalized spacial score (nSPS) is 15.9. The van der Waals surface area contributed by atoms with E-state index < -0.39 is 23.5 Å². The van der Waals surface area contributed by atoms with Crippen LogP contribution >= 0.6 is 15.9 Å². The fourth-order valence-corrected chi connectivity index (χ4v) is 3.77. The Kier molecular flexibility index (Phi) is 7.15. The Balaban J connectivity index is 1.72. The molecule has 2 aromatic rings. The van der Waals surface area contributed by atoms with Crippen LogP contribution in [0.4, 0.5) is 23.2 Å². The van der Waals surface area contributed by atoms with Gasteiger partial charge in [0.1, 0.15) is 5.82 Å². The van der Waals surface area contributed by atoms with Crippen LogP contribution < -0.4 is 5.32 Å². The first-order valence-electron chi connectivity index (χ1n) is 9.46. The second-order valence-corrected chi connectivity index (χ2v) is 8.28. The topological polar surface area (TPSA) is 35.6 Å². The van der Waals surface area contributed by atoms with Crippen LogP contribution in [-0.4, -0.2) is 48.9 Å². The Labute approximate surface area is 181 Å². The van der Waals surface area contributed by atoms with Gasteiger partial charge in [0, 0.05) is 38.4 Å². The van der Waals surface area contributed by atoms with E-state index in [1.807, 2.05) is 11.9 Å². The van der Waals surface area contributed by atoms with Gasteiger partial charge in [-0.2, -0.15) is 13.2 Å². The van der Waals surface area contributed by atoms with E-state index in [4.69, 9.17) is 0 Å². The van der Waals surface area contributed by atoms with Gasteiger partial charge in [-0.25, -0.2) is 4.39 Å². The van der Waals surface area contributed by atoms with E-state index in [0.29, 0.717) is 18.7 Å². The van der Waals surface area contributed by atoms with Crippen molar-refractivity contribution in [2.75, 3.05) is 38.5 Å². The summed E-state index contributed by atoms with van der Waals surface area (Å²) < 4.78 is 54.4. The highest BCUT2D eigenvalue weighted by atomic mass is 79.9. The monoisotopic (exact) mass is 487 g/mol. The second kappa shape index (κ2) is 9.45. The van der Waals surface area contributed by atoms with Crippen LogP contribution in [0.3, 0.4) is 0 Å². The number of alkyl halides is 3. The van der Waals surface area contributed by atoms with E-state index in [0.717, 1.165) is 19.2 Å². The molecule has 1 fully saturated rings. The van der Waals surface area contributed by atoms with Gasteiger partial charge in [0.2, 0.25) is 5.91 Å². The van der Waals surface area contributed by atoms with Crippen LogP contribution in [0.5, 0.6) is 0 Å². The highest BCUT2D eigenvalue weighted by Crippen LogP contribution is 2.34. The van der Waals surface area contributed by atoms with E-state index in [-0.39, 0.29) is 28.7 Å². The zero-order chi connectivity index (χ0) is 21.9. The summed E-state index contributed by atoms with van der Waals surface area (Å²) in [7, 11) is 1.99. The number of rotatable bonds is 5. The largest absolute Gasteiger partial charge is 0.416 e. The molecule has 1 aliphatic heterocycles. The second-order valence-electron chi connectivity index (χ2n) is 7.42. The molecule has 0 unspecified atom stereocenters. The number of halogens is 5. The minimum atomic E-state index is -4.52. The number of nitrogens with zero attached hydrogens (tertiary/aromatic N) is 2. The zero-order valence-corrected chi connectivity index (χ0v) is 18.0. The molecule has 0 bridgehead atoms. The molecule has 4 nitrogen and oxygen atoms in total. The Bertz CT molecular complexity index is 912. The van der Waals surface area contributed by atoms with Crippen molar-refractivity contribution < 1.29 is 22.4 Å². The van der Waals surface area contributed by atoms with Crippen molar-refractivity contribution in [3.05, 3.63) is 63.4 Å². The number of carbonyl (C=O) groups is 1. The molecule has 1 N–H and O–H groups in total. The number of amides is 1. The maximum absolute atomic E-state index is 13.6. The van der Waals surface area contributed by atoms with Gasteiger partial charge in [0.05, 0.1) is 16.5 Å². The highest BCUT2D eigenvalue weighted by molar-refractivity contribution is 9.10. The summed E-state index contributed by atoms with van der Waals surface area (Å²) in [5.74, 6) is -0.932. The molecule has 3 rings (SSSR count). The summed E-state index contributed by atoms with van der Waals surface area (Å²) in [4.78, 5) is 16.4. The molecule has 0 aliphatic carbocycles. The highest BCUT2D eigenvalue weighted by Gasteiger charge is 2.34. The van der Waals surface area contributed by atoms with Crippen LogP contribution in [-0.2, 0) is 23.9 Å². The zero-order valence-electron chi connectivity index (χ0n) is 16.4. The first kappa shape index (κ1) is 22.7. The number of benzene rings is 2. The number of anilines is 1. The molecule has 1 heterocycles. The maximum Gasteiger partial charge on any atom is 0.416 e. The predicted molar refractivity (Wildman–Crippen MR) is 111 cm³/mol. The van der Waals surface area contributed by atoms with E-state index in [1.165, 1.54) is 30.3 Å². The van der Waals surface area contributed by atoms with E-state index >= 15 is 0 Å². The molecule has 0 aromatic heterocycles. The molecule has 1 amide bonds. The van der Waals surface area contributed by atoms with Crippen molar-refractivity contribution in [1.29, 1.82) is 0 Å². The third-order valence-corrected chi connectivity index (χ3v) is 5.65. The standard InChI is InChI=1S/C21H22BrF4N3O/c1-28-6-8-29(9-7-28)13-15-3-4-16(12-17(15)21(24,25)26)27-20(30)11-14-2-5-19(23)18(22)10-14/h2-5,10,12H,6-9,11,13H2,1H3,(H,27,30). The molecule has 0 radical (unpaired) electrons. The molecule has 2 aromatic carbocycles. The van der Waals surface area contributed by atoms with E-state index in [1.54, 1.807) is 0 Å². The average molecular weight is 488 g/mol. The number of likely N-dealkylation sites (N-methyl/N-ethyl adjacent to an activating group) is 1. The van der Waals surface area contributed by atoms with Crippen molar-refractivity contribution in [3.63, 3.8) is 0 Å². The molecule has 1 saturated heterocycles. The summed E-state index contributed by atoms with van der Waals surface area (Å²) in [6.07, 6.45) is -4.60.